The Bertz CT molecular complexity index is 649. The summed E-state index contributed by atoms with van der Waals surface area (Å²) in [5, 5.41) is 19.1. The first kappa shape index (κ1) is 17.7. The van der Waals surface area contributed by atoms with Gasteiger partial charge in [-0.15, -0.1) is 0 Å². The Kier molecular flexibility index (Phi) is 6.07. The third-order valence-electron chi connectivity index (χ3n) is 3.87. The SMILES string of the molecule is COc1ccc(O)cc1CCC(=O)CCc1cc(O)ccc1OC. The van der Waals surface area contributed by atoms with Gasteiger partial charge < -0.3 is 19.7 Å². The van der Waals surface area contributed by atoms with E-state index in [1.165, 1.54) is 0 Å². The molecule has 24 heavy (non-hydrogen) atoms. The Labute approximate surface area is 141 Å². The number of ketones is 1. The summed E-state index contributed by atoms with van der Waals surface area (Å²) in [6, 6.07) is 9.71. The average molecular weight is 330 g/mol. The zero-order chi connectivity index (χ0) is 17.5. The van der Waals surface area contributed by atoms with E-state index < -0.39 is 0 Å². The lowest BCUT2D eigenvalue weighted by atomic mass is 10.0. The van der Waals surface area contributed by atoms with Gasteiger partial charge >= 0.3 is 0 Å². The first-order chi connectivity index (χ1) is 11.5. The van der Waals surface area contributed by atoms with Crippen molar-refractivity contribution in [1.82, 2.24) is 0 Å². The minimum Gasteiger partial charge on any atom is -0.508 e. The molecule has 0 atom stereocenters. The predicted molar refractivity (Wildman–Crippen MR) is 91.0 cm³/mol. The third-order valence-corrected chi connectivity index (χ3v) is 3.87. The molecular formula is C19H22O5. The van der Waals surface area contributed by atoms with Gasteiger partial charge in [0, 0.05) is 12.8 Å². The summed E-state index contributed by atoms with van der Waals surface area (Å²) in [5.41, 5.74) is 1.61. The molecule has 2 aromatic rings. The molecule has 0 aliphatic carbocycles. The van der Waals surface area contributed by atoms with Crippen LogP contribution in [-0.2, 0) is 17.6 Å². The summed E-state index contributed by atoms with van der Waals surface area (Å²) in [5.74, 6) is 1.74. The summed E-state index contributed by atoms with van der Waals surface area (Å²) < 4.78 is 10.5. The number of phenolic OH excluding ortho intramolecular Hbond substituents is 2. The highest BCUT2D eigenvalue weighted by Crippen LogP contribution is 2.26. The maximum atomic E-state index is 12.2. The van der Waals surface area contributed by atoms with Crippen LogP contribution in [0.1, 0.15) is 24.0 Å². The number of benzene rings is 2. The number of carbonyl (C=O) groups is 1. The molecule has 0 aromatic heterocycles. The number of carbonyl (C=O) groups excluding carboxylic acids is 1. The van der Waals surface area contributed by atoms with Crippen molar-refractivity contribution in [2.75, 3.05) is 14.2 Å². The van der Waals surface area contributed by atoms with E-state index in [1.54, 1.807) is 50.6 Å². The molecule has 0 amide bonds. The van der Waals surface area contributed by atoms with E-state index in [2.05, 4.69) is 0 Å². The maximum Gasteiger partial charge on any atom is 0.133 e. The molecule has 2 aromatic carbocycles. The van der Waals surface area contributed by atoms with E-state index in [1.807, 2.05) is 0 Å². The molecule has 0 saturated carbocycles. The van der Waals surface area contributed by atoms with Crippen molar-refractivity contribution < 1.29 is 24.5 Å². The van der Waals surface area contributed by atoms with E-state index in [-0.39, 0.29) is 17.3 Å². The standard InChI is InChI=1S/C19H22O5/c1-23-18-9-7-16(21)11-13(18)3-5-15(20)6-4-14-12-17(22)8-10-19(14)24-2/h7-12,21-22H,3-6H2,1-2H3. The molecule has 2 N–H and O–H groups in total. The minimum absolute atomic E-state index is 0.103. The zero-order valence-electron chi connectivity index (χ0n) is 13.9. The predicted octanol–water partition coefficient (Wildman–Crippen LogP) is 3.25. The highest BCUT2D eigenvalue weighted by atomic mass is 16.5. The Balaban J connectivity index is 1.93. The van der Waals surface area contributed by atoms with Crippen molar-refractivity contribution in [3.8, 4) is 23.0 Å². The Morgan fingerprint density at radius 3 is 1.62 bits per heavy atom. The molecule has 5 nitrogen and oxygen atoms in total. The molecule has 128 valence electrons. The van der Waals surface area contributed by atoms with Gasteiger partial charge in [0.1, 0.15) is 28.8 Å². The van der Waals surface area contributed by atoms with Crippen molar-refractivity contribution in [1.29, 1.82) is 0 Å². The molecule has 5 heteroatoms. The van der Waals surface area contributed by atoms with Crippen molar-refractivity contribution in [3.05, 3.63) is 47.5 Å². The molecule has 0 aliphatic rings. The molecule has 0 saturated heterocycles. The van der Waals surface area contributed by atoms with Gasteiger partial charge in [-0.3, -0.25) is 4.79 Å². The van der Waals surface area contributed by atoms with E-state index >= 15 is 0 Å². The Morgan fingerprint density at radius 2 is 1.25 bits per heavy atom. The van der Waals surface area contributed by atoms with Crippen LogP contribution in [-0.4, -0.2) is 30.2 Å². The number of methoxy groups -OCH3 is 2. The fourth-order valence-electron chi connectivity index (χ4n) is 2.59. The van der Waals surface area contributed by atoms with Crippen molar-refractivity contribution in [2.45, 2.75) is 25.7 Å². The number of rotatable bonds is 8. The first-order valence-electron chi connectivity index (χ1n) is 7.77. The van der Waals surface area contributed by atoms with Crippen molar-refractivity contribution in [3.63, 3.8) is 0 Å². The third kappa shape index (κ3) is 4.65. The summed E-state index contributed by atoms with van der Waals surface area (Å²) in [4.78, 5) is 12.2. The van der Waals surface area contributed by atoms with Crippen LogP contribution < -0.4 is 9.47 Å². The number of Topliss-reactive ketones (excluding diaryl/α,β-unsaturated/α-hetero) is 1. The lowest BCUT2D eigenvalue weighted by Crippen LogP contribution is -2.04. The van der Waals surface area contributed by atoms with Crippen LogP contribution >= 0.6 is 0 Å². The second kappa shape index (κ2) is 8.24. The first-order valence-corrected chi connectivity index (χ1v) is 7.77. The van der Waals surface area contributed by atoms with Gasteiger partial charge in [-0.2, -0.15) is 0 Å². The Hall–Kier alpha value is -2.69. The van der Waals surface area contributed by atoms with Gasteiger partial charge in [0.05, 0.1) is 14.2 Å². The molecule has 0 heterocycles. The molecule has 2 rings (SSSR count). The fraction of sp³-hybridized carbons (Fsp3) is 0.316. The summed E-state index contributed by atoms with van der Waals surface area (Å²) in [6.45, 7) is 0. The smallest absolute Gasteiger partial charge is 0.133 e. The van der Waals surface area contributed by atoms with E-state index in [9.17, 15) is 15.0 Å². The average Bonchev–Trinajstić information content (AvgIpc) is 2.58. The molecule has 0 radical (unpaired) electrons. The number of hydrogen-bond acceptors (Lipinski definition) is 5. The topological polar surface area (TPSA) is 76.0 Å². The molecular weight excluding hydrogens is 308 g/mol. The molecule has 0 fully saturated rings. The van der Waals surface area contributed by atoms with Gasteiger partial charge in [-0.25, -0.2) is 0 Å². The quantitative estimate of drug-likeness (QED) is 0.777. The second-order valence-electron chi connectivity index (χ2n) is 5.53. The van der Waals surface area contributed by atoms with Crippen LogP contribution in [0.15, 0.2) is 36.4 Å². The normalized spacial score (nSPS) is 10.4. The Morgan fingerprint density at radius 1 is 0.833 bits per heavy atom. The monoisotopic (exact) mass is 330 g/mol. The number of ether oxygens (including phenoxy) is 2. The summed E-state index contributed by atoms with van der Waals surface area (Å²) in [7, 11) is 3.12. The van der Waals surface area contributed by atoms with Crippen LogP contribution in [0.3, 0.4) is 0 Å². The fourth-order valence-corrected chi connectivity index (χ4v) is 2.59. The van der Waals surface area contributed by atoms with Crippen LogP contribution in [0, 0.1) is 0 Å². The molecule has 0 bridgehead atoms. The van der Waals surface area contributed by atoms with Crippen LogP contribution in [0.5, 0.6) is 23.0 Å². The largest absolute Gasteiger partial charge is 0.508 e. The molecule has 0 unspecified atom stereocenters. The second-order valence-corrected chi connectivity index (χ2v) is 5.53. The lowest BCUT2D eigenvalue weighted by Gasteiger charge is -2.10. The van der Waals surface area contributed by atoms with Gasteiger partial charge in [0.15, 0.2) is 0 Å². The minimum atomic E-state index is 0.103. The van der Waals surface area contributed by atoms with Crippen LogP contribution in [0.4, 0.5) is 0 Å². The molecule has 0 spiro atoms. The van der Waals surface area contributed by atoms with E-state index in [0.29, 0.717) is 37.2 Å². The van der Waals surface area contributed by atoms with Crippen LogP contribution in [0.2, 0.25) is 0 Å². The molecule has 0 aliphatic heterocycles. The number of hydrogen-bond donors (Lipinski definition) is 2. The summed E-state index contributed by atoms with van der Waals surface area (Å²) >= 11 is 0. The highest BCUT2D eigenvalue weighted by molar-refractivity contribution is 5.79. The van der Waals surface area contributed by atoms with Gasteiger partial charge in [-0.1, -0.05) is 0 Å². The van der Waals surface area contributed by atoms with E-state index in [0.717, 1.165) is 11.1 Å². The van der Waals surface area contributed by atoms with Gasteiger partial charge in [-0.05, 0) is 60.4 Å². The summed E-state index contributed by atoms with van der Waals surface area (Å²) in [6.07, 6.45) is 1.74. The van der Waals surface area contributed by atoms with E-state index in [4.69, 9.17) is 9.47 Å². The van der Waals surface area contributed by atoms with Crippen LogP contribution in [0.25, 0.3) is 0 Å². The number of aryl methyl sites for hydroxylation is 2. The maximum absolute atomic E-state index is 12.2. The van der Waals surface area contributed by atoms with Crippen molar-refractivity contribution in [2.24, 2.45) is 0 Å². The number of phenols is 2. The van der Waals surface area contributed by atoms with Gasteiger partial charge in [0.25, 0.3) is 0 Å². The van der Waals surface area contributed by atoms with Crippen molar-refractivity contribution >= 4 is 5.78 Å². The van der Waals surface area contributed by atoms with Gasteiger partial charge in [0.2, 0.25) is 0 Å². The number of aromatic hydroxyl groups is 2. The highest BCUT2D eigenvalue weighted by Gasteiger charge is 2.10. The zero-order valence-corrected chi connectivity index (χ0v) is 13.9. The lowest BCUT2D eigenvalue weighted by molar-refractivity contribution is -0.119.